The molecule has 0 aliphatic rings. The van der Waals surface area contributed by atoms with Crippen LogP contribution in [0, 0.1) is 0 Å². The van der Waals surface area contributed by atoms with E-state index >= 15 is 0 Å². The summed E-state index contributed by atoms with van der Waals surface area (Å²) in [6.07, 6.45) is 0.632. The van der Waals surface area contributed by atoms with Crippen molar-refractivity contribution in [1.29, 1.82) is 0 Å². The topological polar surface area (TPSA) is 38.3 Å². The van der Waals surface area contributed by atoms with Gasteiger partial charge < -0.3 is 9.74 Å². The molecule has 140 valence electrons. The molecule has 3 atom stereocenters. The lowest BCUT2D eigenvalue weighted by molar-refractivity contribution is -0.124. The number of amides is 1. The Morgan fingerprint density at radius 3 is 1.92 bits per heavy atom. The maximum atomic E-state index is 12.9. The number of nitrogens with one attached hydrogen (secondary N) is 1. The standard InChI is InChI=1S/C22H31NO2Si/c1-6-20(18-13-9-7-10-14-18)22(24)23-17(2)21(25-26(3,4)5)19-15-11-8-12-16-19/h7-17,20-21H,6H2,1-5H3,(H,23,24)/t17-,20?,21+/m1/s1. The van der Waals surface area contributed by atoms with Gasteiger partial charge in [0.15, 0.2) is 8.32 Å². The lowest BCUT2D eigenvalue weighted by Crippen LogP contribution is -2.43. The average molecular weight is 370 g/mol. The molecule has 0 saturated carbocycles. The maximum absolute atomic E-state index is 12.9. The zero-order valence-electron chi connectivity index (χ0n) is 16.5. The number of hydrogen-bond donors (Lipinski definition) is 1. The Labute approximate surface area is 158 Å². The van der Waals surface area contributed by atoms with Gasteiger partial charge in [0.25, 0.3) is 0 Å². The van der Waals surface area contributed by atoms with Crippen molar-refractivity contribution in [3.8, 4) is 0 Å². The van der Waals surface area contributed by atoms with E-state index in [4.69, 9.17) is 4.43 Å². The number of carbonyl (C=O) groups excluding carboxylic acids is 1. The molecule has 2 aromatic carbocycles. The number of benzene rings is 2. The second kappa shape index (κ2) is 9.15. The monoisotopic (exact) mass is 369 g/mol. The van der Waals surface area contributed by atoms with Gasteiger partial charge in [-0.3, -0.25) is 4.79 Å². The van der Waals surface area contributed by atoms with E-state index in [9.17, 15) is 4.79 Å². The van der Waals surface area contributed by atoms with E-state index in [1.54, 1.807) is 0 Å². The van der Waals surface area contributed by atoms with Gasteiger partial charge in [0.2, 0.25) is 5.91 Å². The first-order valence-corrected chi connectivity index (χ1v) is 12.8. The molecule has 0 fully saturated rings. The molecule has 2 aromatic rings. The summed E-state index contributed by atoms with van der Waals surface area (Å²) in [5.74, 6) is -0.0757. The highest BCUT2D eigenvalue weighted by Crippen LogP contribution is 2.27. The highest BCUT2D eigenvalue weighted by atomic mass is 28.4. The predicted molar refractivity (Wildman–Crippen MR) is 111 cm³/mol. The van der Waals surface area contributed by atoms with Crippen LogP contribution in [0.4, 0.5) is 0 Å². The lowest BCUT2D eigenvalue weighted by Gasteiger charge is -2.32. The third-order valence-corrected chi connectivity index (χ3v) is 5.32. The van der Waals surface area contributed by atoms with Gasteiger partial charge in [-0.2, -0.15) is 0 Å². The largest absolute Gasteiger partial charge is 0.409 e. The Bertz CT molecular complexity index is 682. The molecule has 0 bridgehead atoms. The van der Waals surface area contributed by atoms with E-state index in [-0.39, 0.29) is 24.0 Å². The van der Waals surface area contributed by atoms with Crippen molar-refractivity contribution >= 4 is 14.2 Å². The van der Waals surface area contributed by atoms with Gasteiger partial charge in [-0.25, -0.2) is 0 Å². The normalized spacial score (nSPS) is 15.1. The van der Waals surface area contributed by atoms with E-state index < -0.39 is 8.32 Å². The molecule has 2 rings (SSSR count). The van der Waals surface area contributed by atoms with E-state index in [2.05, 4.69) is 44.0 Å². The minimum atomic E-state index is -1.77. The third-order valence-electron chi connectivity index (χ3n) is 4.36. The van der Waals surface area contributed by atoms with Crippen molar-refractivity contribution in [3.05, 3.63) is 71.8 Å². The lowest BCUT2D eigenvalue weighted by atomic mass is 9.94. The van der Waals surface area contributed by atoms with E-state index in [1.165, 1.54) is 0 Å². The van der Waals surface area contributed by atoms with Crippen molar-refractivity contribution < 1.29 is 9.22 Å². The molecule has 26 heavy (non-hydrogen) atoms. The van der Waals surface area contributed by atoms with Crippen LogP contribution in [0.3, 0.4) is 0 Å². The van der Waals surface area contributed by atoms with Gasteiger partial charge in [-0.1, -0.05) is 67.6 Å². The van der Waals surface area contributed by atoms with Crippen LogP contribution < -0.4 is 5.32 Å². The third kappa shape index (κ3) is 5.82. The Kier molecular flexibility index (Phi) is 7.18. The first-order valence-electron chi connectivity index (χ1n) is 9.40. The highest BCUT2D eigenvalue weighted by Gasteiger charge is 2.29. The first kappa shape index (κ1) is 20.4. The smallest absolute Gasteiger partial charge is 0.227 e. The first-order chi connectivity index (χ1) is 12.3. The van der Waals surface area contributed by atoms with Crippen molar-refractivity contribution in [2.45, 2.75) is 58.0 Å². The molecule has 1 unspecified atom stereocenters. The number of carbonyl (C=O) groups is 1. The minimum absolute atomic E-state index is 0.0614. The van der Waals surface area contributed by atoms with Crippen molar-refractivity contribution in [3.63, 3.8) is 0 Å². The predicted octanol–water partition coefficient (Wildman–Crippen LogP) is 5.28. The summed E-state index contributed by atoms with van der Waals surface area (Å²) in [7, 11) is -1.77. The second-order valence-corrected chi connectivity index (χ2v) is 12.2. The Hall–Kier alpha value is -1.91. The summed E-state index contributed by atoms with van der Waals surface area (Å²) in [6, 6.07) is 20.1. The molecule has 0 aliphatic heterocycles. The van der Waals surface area contributed by atoms with Crippen LogP contribution in [-0.2, 0) is 9.22 Å². The van der Waals surface area contributed by atoms with Crippen LogP contribution in [-0.4, -0.2) is 20.3 Å². The molecule has 0 aliphatic carbocycles. The van der Waals surface area contributed by atoms with Gasteiger partial charge in [-0.15, -0.1) is 0 Å². The molecule has 0 saturated heterocycles. The van der Waals surface area contributed by atoms with Crippen molar-refractivity contribution in [1.82, 2.24) is 5.32 Å². The minimum Gasteiger partial charge on any atom is -0.409 e. The summed E-state index contributed by atoms with van der Waals surface area (Å²) in [5, 5.41) is 3.21. The van der Waals surface area contributed by atoms with Crippen LogP contribution in [0.5, 0.6) is 0 Å². The molecular formula is C22H31NO2Si. The summed E-state index contributed by atoms with van der Waals surface area (Å²) in [6.45, 7) is 10.6. The summed E-state index contributed by atoms with van der Waals surface area (Å²) < 4.78 is 6.43. The van der Waals surface area contributed by atoms with Crippen molar-refractivity contribution in [2.75, 3.05) is 0 Å². The van der Waals surface area contributed by atoms with Crippen LogP contribution >= 0.6 is 0 Å². The zero-order chi connectivity index (χ0) is 19.2. The Morgan fingerprint density at radius 1 is 0.962 bits per heavy atom. The van der Waals surface area contributed by atoms with E-state index in [0.717, 1.165) is 17.5 Å². The quantitative estimate of drug-likeness (QED) is 0.643. The van der Waals surface area contributed by atoms with Crippen LogP contribution in [0.1, 0.15) is 43.4 Å². The molecule has 1 N–H and O–H groups in total. The highest BCUT2D eigenvalue weighted by molar-refractivity contribution is 6.69. The fourth-order valence-corrected chi connectivity index (χ4v) is 4.24. The molecule has 3 nitrogen and oxygen atoms in total. The molecule has 0 heterocycles. The average Bonchev–Trinajstić information content (AvgIpc) is 2.61. The van der Waals surface area contributed by atoms with E-state index in [1.807, 2.05) is 55.5 Å². The second-order valence-electron chi connectivity index (χ2n) is 7.73. The molecule has 0 spiro atoms. The van der Waals surface area contributed by atoms with Gasteiger partial charge in [0.05, 0.1) is 18.1 Å². The fraction of sp³-hybridized carbons (Fsp3) is 0.409. The molecular weight excluding hydrogens is 338 g/mol. The van der Waals surface area contributed by atoms with E-state index in [0.29, 0.717) is 0 Å². The van der Waals surface area contributed by atoms with Gasteiger partial charge in [0.1, 0.15) is 0 Å². The molecule has 0 aromatic heterocycles. The molecule has 1 amide bonds. The van der Waals surface area contributed by atoms with Crippen LogP contribution in [0.2, 0.25) is 19.6 Å². The SMILES string of the molecule is CCC(C(=O)N[C@H](C)[C@H](O[Si](C)(C)C)c1ccccc1)c1ccccc1. The molecule has 4 heteroatoms. The maximum Gasteiger partial charge on any atom is 0.227 e. The summed E-state index contributed by atoms with van der Waals surface area (Å²) >= 11 is 0. The zero-order valence-corrected chi connectivity index (χ0v) is 17.5. The molecule has 0 radical (unpaired) electrons. The number of hydrogen-bond acceptors (Lipinski definition) is 2. The van der Waals surface area contributed by atoms with Gasteiger partial charge >= 0.3 is 0 Å². The van der Waals surface area contributed by atoms with Gasteiger partial charge in [0, 0.05) is 0 Å². The fourth-order valence-electron chi connectivity index (χ4n) is 3.14. The van der Waals surface area contributed by atoms with Crippen LogP contribution in [0.15, 0.2) is 60.7 Å². The Balaban J connectivity index is 2.17. The Morgan fingerprint density at radius 2 is 1.46 bits per heavy atom. The van der Waals surface area contributed by atoms with Gasteiger partial charge in [-0.05, 0) is 44.1 Å². The number of rotatable bonds is 8. The summed E-state index contributed by atoms with van der Waals surface area (Å²) in [4.78, 5) is 12.9. The summed E-state index contributed by atoms with van der Waals surface area (Å²) in [5.41, 5.74) is 2.16. The van der Waals surface area contributed by atoms with Crippen molar-refractivity contribution in [2.24, 2.45) is 0 Å². The van der Waals surface area contributed by atoms with Crippen LogP contribution in [0.25, 0.3) is 0 Å².